The summed E-state index contributed by atoms with van der Waals surface area (Å²) in [6, 6.07) is 0. The third-order valence-corrected chi connectivity index (χ3v) is 5.53. The third kappa shape index (κ3) is 2.45. The summed E-state index contributed by atoms with van der Waals surface area (Å²) >= 11 is 0. The number of hydrogen-bond acceptors (Lipinski definition) is 7. The van der Waals surface area contributed by atoms with Gasteiger partial charge in [0.05, 0.1) is 22.8 Å². The molecule has 7 heteroatoms. The van der Waals surface area contributed by atoms with Crippen LogP contribution in [0.25, 0.3) is 0 Å². The van der Waals surface area contributed by atoms with E-state index in [1.807, 2.05) is 13.8 Å². The molecule has 0 aromatic heterocycles. The van der Waals surface area contributed by atoms with Crippen LogP contribution in [0.4, 0.5) is 0 Å². The van der Waals surface area contributed by atoms with Gasteiger partial charge >= 0.3 is 23.9 Å². The van der Waals surface area contributed by atoms with Gasteiger partial charge in [0.1, 0.15) is 5.41 Å². The fourth-order valence-corrected chi connectivity index (χ4v) is 3.99. The van der Waals surface area contributed by atoms with E-state index in [0.29, 0.717) is 12.8 Å². The normalized spacial score (nSPS) is 37.4. The van der Waals surface area contributed by atoms with Gasteiger partial charge in [-0.15, -0.1) is 0 Å². The van der Waals surface area contributed by atoms with Crippen LogP contribution in [0, 0.1) is 17.3 Å². The summed E-state index contributed by atoms with van der Waals surface area (Å²) in [7, 11) is 0. The molecule has 2 aliphatic heterocycles. The lowest BCUT2D eigenvalue weighted by Gasteiger charge is -2.27. The molecule has 0 unspecified atom stereocenters. The minimum atomic E-state index is -1.38. The molecule has 0 amide bonds. The van der Waals surface area contributed by atoms with Crippen LogP contribution in [0.5, 0.6) is 0 Å². The summed E-state index contributed by atoms with van der Waals surface area (Å²) < 4.78 is 9.47. The van der Waals surface area contributed by atoms with Crippen LogP contribution >= 0.6 is 0 Å². The highest BCUT2D eigenvalue weighted by atomic mass is 16.6. The van der Waals surface area contributed by atoms with Gasteiger partial charge < -0.3 is 14.6 Å². The van der Waals surface area contributed by atoms with E-state index in [1.165, 1.54) is 6.92 Å². The number of rotatable bonds is 2. The topological polar surface area (TPSA) is 107 Å². The number of hydrogen-bond donors (Lipinski definition) is 1. The smallest absolute Gasteiger partial charge is 0.345 e. The Kier molecular flexibility index (Phi) is 4.15. The lowest BCUT2D eigenvalue weighted by molar-refractivity contribution is -0.154. The SMILES string of the molecule is CC[C@H]1[C@H](O)C2=C(C[C@@]3(C)C(=O)OC(=O)/C3=C/[C@H]1CC)C(=O)OC2=O. The molecule has 0 aromatic rings. The predicted molar refractivity (Wildman–Crippen MR) is 83.6 cm³/mol. The van der Waals surface area contributed by atoms with Gasteiger partial charge in [-0.05, 0) is 31.6 Å². The van der Waals surface area contributed by atoms with Crippen LogP contribution in [-0.4, -0.2) is 35.1 Å². The Balaban J connectivity index is 2.26. The lowest BCUT2D eigenvalue weighted by Crippen LogP contribution is -2.31. The maximum atomic E-state index is 12.3. The number of aliphatic hydroxyl groups excluding tert-OH is 1. The molecule has 0 bridgehead atoms. The van der Waals surface area contributed by atoms with Crippen LogP contribution in [0.2, 0.25) is 0 Å². The Bertz CT molecular complexity index is 745. The number of allylic oxidation sites excluding steroid dienone is 1. The zero-order valence-corrected chi connectivity index (χ0v) is 14.3. The van der Waals surface area contributed by atoms with E-state index in [9.17, 15) is 24.3 Å². The molecule has 134 valence electrons. The van der Waals surface area contributed by atoms with E-state index < -0.39 is 41.3 Å². The molecule has 0 spiro atoms. The van der Waals surface area contributed by atoms with Crippen molar-refractivity contribution in [1.82, 2.24) is 0 Å². The largest absolute Gasteiger partial charge is 0.389 e. The van der Waals surface area contributed by atoms with Gasteiger partial charge in [0.2, 0.25) is 0 Å². The van der Waals surface area contributed by atoms with Crippen LogP contribution in [0.1, 0.15) is 40.0 Å². The first kappa shape index (κ1) is 17.5. The molecule has 25 heavy (non-hydrogen) atoms. The minimum absolute atomic E-state index is 0.0484. The summed E-state index contributed by atoms with van der Waals surface area (Å²) in [5.74, 6) is -3.92. The molecule has 0 radical (unpaired) electrons. The average Bonchev–Trinajstić information content (AvgIpc) is 2.94. The van der Waals surface area contributed by atoms with E-state index in [4.69, 9.17) is 4.74 Å². The number of ether oxygens (including phenoxy) is 2. The maximum absolute atomic E-state index is 12.3. The standard InChI is InChI=1S/C18H20O7/c1-4-8-6-11-15(21)25-17(23)18(11,3)7-10-12(13(19)9(8)5-2)16(22)24-14(10)20/h6,8-9,13,19H,4-5,7H2,1-3H3/b11-6-/t8-,9-,13+,18-/m1/s1. The van der Waals surface area contributed by atoms with Gasteiger partial charge in [0.15, 0.2) is 0 Å². The van der Waals surface area contributed by atoms with E-state index in [0.717, 1.165) is 0 Å². The van der Waals surface area contributed by atoms with Gasteiger partial charge in [-0.3, -0.25) is 4.79 Å². The first-order valence-corrected chi connectivity index (χ1v) is 8.41. The van der Waals surface area contributed by atoms with Crippen LogP contribution in [0.15, 0.2) is 22.8 Å². The fourth-order valence-electron chi connectivity index (χ4n) is 3.99. The fraction of sp³-hybridized carbons (Fsp3) is 0.556. The number of carbonyl (C=O) groups is 4. The van der Waals surface area contributed by atoms with Crippen molar-refractivity contribution in [2.75, 3.05) is 0 Å². The quantitative estimate of drug-likeness (QED) is 0.590. The molecule has 1 saturated heterocycles. The zero-order valence-electron chi connectivity index (χ0n) is 14.3. The molecule has 2 heterocycles. The first-order valence-electron chi connectivity index (χ1n) is 8.41. The van der Waals surface area contributed by atoms with Gasteiger partial charge in [0, 0.05) is 6.42 Å². The molecular weight excluding hydrogens is 328 g/mol. The van der Waals surface area contributed by atoms with Crippen molar-refractivity contribution in [3.05, 3.63) is 22.8 Å². The van der Waals surface area contributed by atoms with Crippen molar-refractivity contribution in [3.8, 4) is 0 Å². The van der Waals surface area contributed by atoms with Gasteiger partial charge in [-0.25, -0.2) is 14.4 Å². The first-order chi connectivity index (χ1) is 11.7. The highest BCUT2D eigenvalue weighted by molar-refractivity contribution is 6.15. The molecule has 1 N–H and O–H groups in total. The van der Waals surface area contributed by atoms with Crippen LogP contribution in [-0.2, 0) is 28.7 Å². The summed E-state index contributed by atoms with van der Waals surface area (Å²) in [4.78, 5) is 48.8. The Morgan fingerprint density at radius 2 is 1.76 bits per heavy atom. The van der Waals surface area contributed by atoms with Gasteiger partial charge in [0.25, 0.3) is 0 Å². The van der Waals surface area contributed by atoms with E-state index in [1.54, 1.807) is 6.08 Å². The Hall–Kier alpha value is -2.28. The van der Waals surface area contributed by atoms with Crippen molar-refractivity contribution < 1.29 is 33.8 Å². The molecule has 0 saturated carbocycles. The predicted octanol–water partition coefficient (Wildman–Crippen LogP) is 1.20. The van der Waals surface area contributed by atoms with E-state index in [-0.39, 0.29) is 29.1 Å². The van der Waals surface area contributed by atoms with Crippen molar-refractivity contribution >= 4 is 23.9 Å². The number of aliphatic hydroxyl groups is 1. The van der Waals surface area contributed by atoms with Crippen molar-refractivity contribution in [2.45, 2.75) is 46.1 Å². The van der Waals surface area contributed by atoms with Crippen molar-refractivity contribution in [2.24, 2.45) is 17.3 Å². The molecule has 0 aromatic carbocycles. The zero-order chi connectivity index (χ0) is 18.5. The highest BCUT2D eigenvalue weighted by Gasteiger charge is 2.54. The maximum Gasteiger partial charge on any atom is 0.345 e. The van der Waals surface area contributed by atoms with Gasteiger partial charge in [-0.1, -0.05) is 19.9 Å². The molecule has 7 nitrogen and oxygen atoms in total. The minimum Gasteiger partial charge on any atom is -0.389 e. The van der Waals surface area contributed by atoms with E-state index in [2.05, 4.69) is 4.74 Å². The summed E-state index contributed by atoms with van der Waals surface area (Å²) in [5.41, 5.74) is -1.35. The Morgan fingerprint density at radius 3 is 2.36 bits per heavy atom. The summed E-state index contributed by atoms with van der Waals surface area (Å²) in [5, 5.41) is 10.8. The number of cyclic esters (lactones) is 4. The van der Waals surface area contributed by atoms with E-state index >= 15 is 0 Å². The monoisotopic (exact) mass is 348 g/mol. The molecule has 4 atom stereocenters. The second-order valence-corrected chi connectivity index (χ2v) is 6.92. The number of fused-ring (bicyclic) bond motifs is 1. The highest BCUT2D eigenvalue weighted by Crippen LogP contribution is 2.47. The number of carbonyl (C=O) groups excluding carboxylic acids is 4. The average molecular weight is 348 g/mol. The van der Waals surface area contributed by atoms with Crippen molar-refractivity contribution in [1.29, 1.82) is 0 Å². The lowest BCUT2D eigenvalue weighted by atomic mass is 9.76. The Morgan fingerprint density at radius 1 is 1.08 bits per heavy atom. The number of esters is 4. The molecule has 3 rings (SSSR count). The van der Waals surface area contributed by atoms with Crippen molar-refractivity contribution in [3.63, 3.8) is 0 Å². The molecule has 1 aliphatic carbocycles. The summed E-state index contributed by atoms with van der Waals surface area (Å²) in [6.45, 7) is 5.26. The molecule has 1 fully saturated rings. The third-order valence-electron chi connectivity index (χ3n) is 5.53. The second kappa shape index (κ2) is 5.91. The Labute approximate surface area is 144 Å². The van der Waals surface area contributed by atoms with Gasteiger partial charge in [-0.2, -0.15) is 0 Å². The molecular formula is C18H20O7. The van der Waals surface area contributed by atoms with Crippen LogP contribution in [0.3, 0.4) is 0 Å². The molecule has 3 aliphatic rings. The second-order valence-electron chi connectivity index (χ2n) is 6.92. The summed E-state index contributed by atoms with van der Waals surface area (Å²) in [6.07, 6.45) is 1.36. The van der Waals surface area contributed by atoms with Crippen LogP contribution < -0.4 is 0 Å².